The summed E-state index contributed by atoms with van der Waals surface area (Å²) in [6.07, 6.45) is 4.55. The van der Waals surface area contributed by atoms with Crippen LogP contribution in [0.4, 0.5) is 5.82 Å². The predicted octanol–water partition coefficient (Wildman–Crippen LogP) is 2.73. The van der Waals surface area contributed by atoms with E-state index >= 15 is 0 Å². The number of anilines is 1. The molecule has 1 aromatic heterocycles. The molecule has 2 fully saturated rings. The highest BCUT2D eigenvalue weighted by Gasteiger charge is 2.39. The highest BCUT2D eigenvalue weighted by molar-refractivity contribution is 7.85. The van der Waals surface area contributed by atoms with E-state index in [2.05, 4.69) is 38.7 Å². The van der Waals surface area contributed by atoms with Gasteiger partial charge in [0.25, 0.3) is 0 Å². The van der Waals surface area contributed by atoms with Crippen molar-refractivity contribution in [3.63, 3.8) is 0 Å². The molecule has 4 rings (SSSR count). The monoisotopic (exact) mass is 458 g/mol. The standard InChI is InChI=1S/C24H34N4O3S/c1-15(2)20-12-27(8-9-28(20)21(29)14-32(5)30)23-18(11-25)17-10-24(3,4)31-13-19(17)22(26-23)16-6-7-16/h15-16,20H,6-10,12-14H2,1-5H3/t20-,32?/m0/s1. The lowest BCUT2D eigenvalue weighted by Gasteiger charge is -2.44. The Morgan fingerprint density at radius 2 is 2.03 bits per heavy atom. The second-order valence-corrected chi connectivity index (χ2v) is 11.8. The number of nitrogens with zero attached hydrogens (tertiary/aromatic N) is 4. The Bertz CT molecular complexity index is 980. The Morgan fingerprint density at radius 3 is 2.62 bits per heavy atom. The van der Waals surface area contributed by atoms with Gasteiger partial charge in [-0.15, -0.1) is 0 Å². The first-order valence-electron chi connectivity index (χ1n) is 11.6. The number of piperazine rings is 1. The van der Waals surface area contributed by atoms with Gasteiger partial charge in [0.15, 0.2) is 0 Å². The first-order valence-corrected chi connectivity index (χ1v) is 13.3. The van der Waals surface area contributed by atoms with Crippen LogP contribution in [0.15, 0.2) is 0 Å². The van der Waals surface area contributed by atoms with E-state index < -0.39 is 10.8 Å². The van der Waals surface area contributed by atoms with Gasteiger partial charge in [0.2, 0.25) is 5.91 Å². The number of aromatic nitrogens is 1. The lowest BCUT2D eigenvalue weighted by molar-refractivity contribution is -0.132. The van der Waals surface area contributed by atoms with Crippen LogP contribution in [0.1, 0.15) is 68.8 Å². The maximum absolute atomic E-state index is 12.7. The Hall–Kier alpha value is -1.98. The number of carbonyl (C=O) groups is 1. The Kier molecular flexibility index (Phi) is 6.34. The molecule has 0 bridgehead atoms. The van der Waals surface area contributed by atoms with E-state index in [0.717, 1.165) is 35.5 Å². The van der Waals surface area contributed by atoms with Crippen LogP contribution in [0.3, 0.4) is 0 Å². The van der Waals surface area contributed by atoms with E-state index in [4.69, 9.17) is 9.72 Å². The molecule has 1 saturated heterocycles. The van der Waals surface area contributed by atoms with Gasteiger partial charge in [0.1, 0.15) is 17.6 Å². The van der Waals surface area contributed by atoms with Crippen LogP contribution in [-0.2, 0) is 33.4 Å². The number of nitriles is 1. The van der Waals surface area contributed by atoms with Gasteiger partial charge in [-0.25, -0.2) is 4.98 Å². The summed E-state index contributed by atoms with van der Waals surface area (Å²) in [4.78, 5) is 21.9. The van der Waals surface area contributed by atoms with Gasteiger partial charge in [-0.1, -0.05) is 13.8 Å². The summed E-state index contributed by atoms with van der Waals surface area (Å²) in [6, 6.07) is 2.46. The third-order valence-electron chi connectivity index (χ3n) is 6.85. The number of amides is 1. The van der Waals surface area contributed by atoms with Crippen molar-refractivity contribution in [1.29, 1.82) is 5.26 Å². The quantitative estimate of drug-likeness (QED) is 0.674. The SMILES string of the molecule is CC(C)[C@@H]1CN(c2nc(C3CC3)c3c(c2C#N)CC(C)(C)OC3)CCN1C(=O)CS(C)=O. The van der Waals surface area contributed by atoms with Crippen LogP contribution in [-0.4, -0.2) is 63.3 Å². The van der Waals surface area contributed by atoms with Crippen molar-refractivity contribution in [1.82, 2.24) is 9.88 Å². The van der Waals surface area contributed by atoms with Crippen LogP contribution in [0.2, 0.25) is 0 Å². The Balaban J connectivity index is 1.71. The topological polar surface area (TPSA) is 86.5 Å². The third-order valence-corrected chi connectivity index (χ3v) is 7.50. The first kappa shape index (κ1) is 23.2. The van der Waals surface area contributed by atoms with Gasteiger partial charge >= 0.3 is 0 Å². The highest BCUT2D eigenvalue weighted by atomic mass is 32.2. The fraction of sp³-hybridized carbons (Fsp3) is 0.708. The number of rotatable bonds is 5. The molecule has 1 aromatic rings. The molecule has 1 unspecified atom stereocenters. The zero-order chi connectivity index (χ0) is 23.2. The fourth-order valence-electron chi connectivity index (χ4n) is 4.96. The lowest BCUT2D eigenvalue weighted by atomic mass is 9.87. The van der Waals surface area contributed by atoms with Crippen molar-refractivity contribution in [3.8, 4) is 6.07 Å². The normalized spacial score (nSPS) is 23.6. The van der Waals surface area contributed by atoms with Crippen LogP contribution in [0, 0.1) is 17.2 Å². The van der Waals surface area contributed by atoms with Crippen LogP contribution in [0.5, 0.6) is 0 Å². The van der Waals surface area contributed by atoms with E-state index in [1.54, 1.807) is 6.26 Å². The molecule has 1 saturated carbocycles. The molecule has 0 radical (unpaired) electrons. The largest absolute Gasteiger partial charge is 0.370 e. The molecule has 0 N–H and O–H groups in total. The van der Waals surface area contributed by atoms with Gasteiger partial charge < -0.3 is 14.5 Å². The van der Waals surface area contributed by atoms with Crippen molar-refractivity contribution < 1.29 is 13.7 Å². The summed E-state index contributed by atoms with van der Waals surface area (Å²) < 4.78 is 17.7. The third kappa shape index (κ3) is 4.55. The summed E-state index contributed by atoms with van der Waals surface area (Å²) in [5, 5.41) is 10.2. The van der Waals surface area contributed by atoms with Crippen molar-refractivity contribution in [3.05, 3.63) is 22.4 Å². The molecule has 7 nitrogen and oxygen atoms in total. The Labute approximate surface area is 193 Å². The van der Waals surface area contributed by atoms with E-state index in [0.29, 0.717) is 44.1 Å². The summed E-state index contributed by atoms with van der Waals surface area (Å²) in [6.45, 7) is 10.7. The smallest absolute Gasteiger partial charge is 0.235 e. The van der Waals surface area contributed by atoms with Crippen LogP contribution >= 0.6 is 0 Å². The zero-order valence-corrected chi connectivity index (χ0v) is 20.6. The molecule has 2 aliphatic heterocycles. The summed E-state index contributed by atoms with van der Waals surface area (Å²) in [5.74, 6) is 1.47. The maximum atomic E-state index is 12.7. The van der Waals surface area contributed by atoms with Crippen molar-refractivity contribution in [2.75, 3.05) is 36.5 Å². The molecular formula is C24H34N4O3S. The molecule has 2 atom stereocenters. The molecule has 3 aliphatic rings. The average molecular weight is 459 g/mol. The number of hydrogen-bond acceptors (Lipinski definition) is 6. The predicted molar refractivity (Wildman–Crippen MR) is 125 cm³/mol. The maximum Gasteiger partial charge on any atom is 0.235 e. The molecule has 32 heavy (non-hydrogen) atoms. The molecule has 0 aromatic carbocycles. The number of hydrogen-bond donors (Lipinski definition) is 0. The number of carbonyl (C=O) groups excluding carboxylic acids is 1. The second-order valence-electron chi connectivity index (χ2n) is 10.3. The minimum atomic E-state index is -1.16. The van der Waals surface area contributed by atoms with Gasteiger partial charge in [0.05, 0.1) is 29.5 Å². The van der Waals surface area contributed by atoms with Crippen molar-refractivity contribution >= 4 is 22.5 Å². The number of pyridine rings is 1. The van der Waals surface area contributed by atoms with Gasteiger partial charge in [-0.3, -0.25) is 9.00 Å². The molecule has 0 spiro atoms. The van der Waals surface area contributed by atoms with Gasteiger partial charge in [-0.05, 0) is 38.2 Å². The second kappa shape index (κ2) is 8.75. The van der Waals surface area contributed by atoms with E-state index in [-0.39, 0.29) is 29.2 Å². The Morgan fingerprint density at radius 1 is 1.31 bits per heavy atom. The molecule has 1 aliphatic carbocycles. The van der Waals surface area contributed by atoms with E-state index in [1.807, 2.05) is 4.90 Å². The molecule has 1 amide bonds. The van der Waals surface area contributed by atoms with Crippen molar-refractivity contribution in [2.45, 2.75) is 71.1 Å². The van der Waals surface area contributed by atoms with Crippen molar-refractivity contribution in [2.24, 2.45) is 5.92 Å². The first-order chi connectivity index (χ1) is 15.1. The summed E-state index contributed by atoms with van der Waals surface area (Å²) >= 11 is 0. The average Bonchev–Trinajstić information content (AvgIpc) is 3.56. The summed E-state index contributed by atoms with van der Waals surface area (Å²) in [5.41, 5.74) is 3.67. The molecular weight excluding hydrogens is 424 g/mol. The molecule has 3 heterocycles. The van der Waals surface area contributed by atoms with Crippen LogP contribution < -0.4 is 4.90 Å². The number of fused-ring (bicyclic) bond motifs is 1. The highest BCUT2D eigenvalue weighted by Crippen LogP contribution is 2.46. The molecule has 174 valence electrons. The van der Waals surface area contributed by atoms with Gasteiger partial charge in [0, 0.05) is 54.6 Å². The minimum Gasteiger partial charge on any atom is -0.370 e. The minimum absolute atomic E-state index is 0.00618. The summed E-state index contributed by atoms with van der Waals surface area (Å²) in [7, 11) is -1.16. The molecule has 8 heteroatoms. The van der Waals surface area contributed by atoms with E-state index in [1.165, 1.54) is 0 Å². The van der Waals surface area contributed by atoms with E-state index in [9.17, 15) is 14.3 Å². The lowest BCUT2D eigenvalue weighted by Crippen LogP contribution is -2.58. The fourth-order valence-corrected chi connectivity index (χ4v) is 5.47. The van der Waals surface area contributed by atoms with Crippen LogP contribution in [0.25, 0.3) is 0 Å². The number of ether oxygens (including phenoxy) is 1. The van der Waals surface area contributed by atoms with Gasteiger partial charge in [-0.2, -0.15) is 5.26 Å². The zero-order valence-electron chi connectivity index (χ0n) is 19.8.